The normalized spacial score (nSPS) is 10.2. The molecule has 23 heavy (non-hydrogen) atoms. The molecule has 0 bridgehead atoms. The number of nitrogens with one attached hydrogen (secondary N) is 1. The average Bonchev–Trinajstić information content (AvgIpc) is 2.51. The number of carbonyl (C=O) groups excluding carboxylic acids is 2. The van der Waals surface area contributed by atoms with Gasteiger partial charge in [0.1, 0.15) is 11.6 Å². The summed E-state index contributed by atoms with van der Waals surface area (Å²) in [6, 6.07) is 11.2. The summed E-state index contributed by atoms with van der Waals surface area (Å²) in [5, 5.41) is 2.54. The van der Waals surface area contributed by atoms with Crippen molar-refractivity contribution in [2.45, 2.75) is 6.92 Å². The molecule has 0 aliphatic rings. The molecule has 0 heterocycles. The van der Waals surface area contributed by atoms with Crippen molar-refractivity contribution in [2.24, 2.45) is 0 Å². The van der Waals surface area contributed by atoms with Crippen molar-refractivity contribution in [3.63, 3.8) is 0 Å². The second kappa shape index (κ2) is 7.49. The number of benzene rings is 2. The van der Waals surface area contributed by atoms with Crippen molar-refractivity contribution in [1.82, 2.24) is 5.32 Å². The summed E-state index contributed by atoms with van der Waals surface area (Å²) in [4.78, 5) is 24.9. The van der Waals surface area contributed by atoms with E-state index >= 15 is 0 Å². The third-order valence-corrected chi connectivity index (χ3v) is 3.24. The summed E-state index contributed by atoms with van der Waals surface area (Å²) in [7, 11) is 0. The quantitative estimate of drug-likeness (QED) is 0.921. The van der Waals surface area contributed by atoms with Crippen LogP contribution in [0.2, 0.25) is 0 Å². The topological polar surface area (TPSA) is 49.4 Å². The van der Waals surface area contributed by atoms with Crippen molar-refractivity contribution >= 4 is 17.5 Å². The highest BCUT2D eigenvalue weighted by Crippen LogP contribution is 2.15. The van der Waals surface area contributed by atoms with Gasteiger partial charge >= 0.3 is 0 Å². The Labute approximate surface area is 132 Å². The number of amides is 2. The van der Waals surface area contributed by atoms with Crippen LogP contribution >= 0.6 is 0 Å². The number of anilines is 1. The lowest BCUT2D eigenvalue weighted by molar-refractivity contribution is -0.116. The number of hydrogen-bond donors (Lipinski definition) is 1. The molecule has 6 heteroatoms. The smallest absolute Gasteiger partial charge is 0.254 e. The first kappa shape index (κ1) is 16.6. The van der Waals surface area contributed by atoms with Gasteiger partial charge in [0, 0.05) is 25.7 Å². The van der Waals surface area contributed by atoms with Gasteiger partial charge < -0.3 is 10.2 Å². The Bertz CT molecular complexity index is 719. The molecule has 0 atom stereocenters. The van der Waals surface area contributed by atoms with Gasteiger partial charge in [-0.25, -0.2) is 8.78 Å². The summed E-state index contributed by atoms with van der Waals surface area (Å²) >= 11 is 0. The van der Waals surface area contributed by atoms with Crippen molar-refractivity contribution < 1.29 is 18.4 Å². The largest absolute Gasteiger partial charge is 0.350 e. The van der Waals surface area contributed by atoms with Crippen molar-refractivity contribution in [1.29, 1.82) is 0 Å². The summed E-state index contributed by atoms with van der Waals surface area (Å²) in [5.41, 5.74) is 0.338. The monoisotopic (exact) mass is 318 g/mol. The third kappa shape index (κ3) is 4.35. The fourth-order valence-electron chi connectivity index (χ4n) is 2.13. The van der Waals surface area contributed by atoms with Gasteiger partial charge in [-0.3, -0.25) is 9.59 Å². The fraction of sp³-hybridized carbons (Fsp3) is 0.176. The van der Waals surface area contributed by atoms with E-state index in [2.05, 4.69) is 5.32 Å². The molecule has 2 rings (SSSR count). The molecule has 1 N–H and O–H groups in total. The zero-order chi connectivity index (χ0) is 16.8. The van der Waals surface area contributed by atoms with Crippen LogP contribution in [0.4, 0.5) is 14.5 Å². The number of carbonyl (C=O) groups is 2. The lowest BCUT2D eigenvalue weighted by Crippen LogP contribution is -2.37. The molecule has 0 aliphatic carbocycles. The van der Waals surface area contributed by atoms with Crippen LogP contribution in [0.25, 0.3) is 0 Å². The summed E-state index contributed by atoms with van der Waals surface area (Å²) in [5.74, 6) is -1.91. The second-order valence-electron chi connectivity index (χ2n) is 4.89. The molecule has 2 aromatic carbocycles. The number of rotatable bonds is 5. The maximum atomic E-state index is 13.5. The molecule has 120 valence electrons. The zero-order valence-electron chi connectivity index (χ0n) is 12.6. The van der Waals surface area contributed by atoms with E-state index in [9.17, 15) is 18.4 Å². The highest BCUT2D eigenvalue weighted by molar-refractivity contribution is 5.95. The van der Waals surface area contributed by atoms with Gasteiger partial charge in [0.2, 0.25) is 5.91 Å². The highest BCUT2D eigenvalue weighted by atomic mass is 19.1. The Morgan fingerprint density at radius 2 is 1.83 bits per heavy atom. The van der Waals surface area contributed by atoms with E-state index < -0.39 is 17.5 Å². The van der Waals surface area contributed by atoms with E-state index in [1.54, 1.807) is 12.1 Å². The molecule has 0 aromatic heterocycles. The first-order chi connectivity index (χ1) is 11.0. The Morgan fingerprint density at radius 1 is 1.09 bits per heavy atom. The molecular formula is C17H16F2N2O2. The Hall–Kier alpha value is -2.76. The average molecular weight is 318 g/mol. The predicted molar refractivity (Wildman–Crippen MR) is 83.2 cm³/mol. The maximum Gasteiger partial charge on any atom is 0.254 e. The van der Waals surface area contributed by atoms with E-state index in [0.29, 0.717) is 5.69 Å². The Balaban J connectivity index is 1.99. The van der Waals surface area contributed by atoms with Gasteiger partial charge in [-0.1, -0.05) is 18.2 Å². The van der Waals surface area contributed by atoms with Crippen LogP contribution < -0.4 is 10.2 Å². The number of halogens is 2. The van der Waals surface area contributed by atoms with Crippen molar-refractivity contribution in [3.05, 3.63) is 65.7 Å². The van der Waals surface area contributed by atoms with Crippen LogP contribution in [-0.2, 0) is 4.79 Å². The van der Waals surface area contributed by atoms with Crippen LogP contribution in [0.1, 0.15) is 17.3 Å². The standard InChI is InChI=1S/C17H16F2N2O2/c1-12(22)21(14-6-4-5-13(18)11-14)10-9-20-17(23)15-7-2-3-8-16(15)19/h2-8,11H,9-10H2,1H3,(H,20,23). The molecule has 2 aromatic rings. The minimum atomic E-state index is -0.612. The van der Waals surface area contributed by atoms with Crippen molar-refractivity contribution in [3.8, 4) is 0 Å². The SMILES string of the molecule is CC(=O)N(CCNC(=O)c1ccccc1F)c1cccc(F)c1. The van der Waals surface area contributed by atoms with Crippen LogP contribution in [-0.4, -0.2) is 24.9 Å². The van der Waals surface area contributed by atoms with E-state index in [1.165, 1.54) is 48.2 Å². The highest BCUT2D eigenvalue weighted by Gasteiger charge is 2.14. The molecule has 4 nitrogen and oxygen atoms in total. The molecule has 0 spiro atoms. The Kier molecular flexibility index (Phi) is 5.41. The number of hydrogen-bond acceptors (Lipinski definition) is 2. The van der Waals surface area contributed by atoms with Gasteiger partial charge in [-0.15, -0.1) is 0 Å². The van der Waals surface area contributed by atoms with Crippen LogP contribution in [0.5, 0.6) is 0 Å². The minimum absolute atomic E-state index is 0.0624. The van der Waals surface area contributed by atoms with Gasteiger partial charge in [0.15, 0.2) is 0 Å². The molecule has 0 aliphatic heterocycles. The lowest BCUT2D eigenvalue weighted by atomic mass is 10.2. The van der Waals surface area contributed by atoms with Crippen LogP contribution in [0, 0.1) is 11.6 Å². The van der Waals surface area contributed by atoms with Gasteiger partial charge in [-0.05, 0) is 30.3 Å². The molecule has 0 saturated heterocycles. The zero-order valence-corrected chi connectivity index (χ0v) is 12.6. The summed E-state index contributed by atoms with van der Waals surface area (Å²) in [6.07, 6.45) is 0. The first-order valence-corrected chi connectivity index (χ1v) is 7.05. The van der Waals surface area contributed by atoms with E-state index in [-0.39, 0.29) is 24.6 Å². The first-order valence-electron chi connectivity index (χ1n) is 7.05. The minimum Gasteiger partial charge on any atom is -0.350 e. The Morgan fingerprint density at radius 3 is 2.48 bits per heavy atom. The van der Waals surface area contributed by atoms with E-state index in [0.717, 1.165) is 0 Å². The van der Waals surface area contributed by atoms with E-state index in [4.69, 9.17) is 0 Å². The van der Waals surface area contributed by atoms with E-state index in [1.807, 2.05) is 0 Å². The summed E-state index contributed by atoms with van der Waals surface area (Å²) in [6.45, 7) is 1.62. The molecular weight excluding hydrogens is 302 g/mol. The van der Waals surface area contributed by atoms with Gasteiger partial charge in [0.25, 0.3) is 5.91 Å². The van der Waals surface area contributed by atoms with Gasteiger partial charge in [0.05, 0.1) is 5.56 Å². The predicted octanol–water partition coefficient (Wildman–Crippen LogP) is 2.75. The van der Waals surface area contributed by atoms with Gasteiger partial charge in [-0.2, -0.15) is 0 Å². The fourth-order valence-corrected chi connectivity index (χ4v) is 2.13. The molecule has 0 unspecified atom stereocenters. The lowest BCUT2D eigenvalue weighted by Gasteiger charge is -2.21. The number of nitrogens with zero attached hydrogens (tertiary/aromatic N) is 1. The molecule has 0 fully saturated rings. The van der Waals surface area contributed by atoms with Crippen molar-refractivity contribution in [2.75, 3.05) is 18.0 Å². The second-order valence-corrected chi connectivity index (χ2v) is 4.89. The maximum absolute atomic E-state index is 13.5. The molecule has 0 radical (unpaired) electrons. The van der Waals surface area contributed by atoms with Crippen LogP contribution in [0.15, 0.2) is 48.5 Å². The van der Waals surface area contributed by atoms with Crippen LogP contribution in [0.3, 0.4) is 0 Å². The molecule has 2 amide bonds. The third-order valence-electron chi connectivity index (χ3n) is 3.24. The molecule has 0 saturated carbocycles. The summed E-state index contributed by atoms with van der Waals surface area (Å²) < 4.78 is 26.8.